The molecule has 0 atom stereocenters. The molecule has 20 heavy (non-hydrogen) atoms. The van der Waals surface area contributed by atoms with Gasteiger partial charge in [-0.15, -0.1) is 0 Å². The molecular weight excluding hydrogens is 305 g/mol. The number of hydrogen-bond acceptors (Lipinski definition) is 5. The Morgan fingerprint density at radius 1 is 1.30 bits per heavy atom. The fourth-order valence-corrected chi connectivity index (χ4v) is 2.01. The number of aryl methyl sites for hydroxylation is 1. The minimum absolute atomic E-state index is 0.0282. The van der Waals surface area contributed by atoms with Gasteiger partial charge in [-0.3, -0.25) is 10.1 Å². The number of hydrogen-bond donors (Lipinski definition) is 1. The number of nitro benzene ring substituents is 1. The predicted molar refractivity (Wildman–Crippen MR) is 76.6 cm³/mol. The van der Waals surface area contributed by atoms with Crippen LogP contribution in [0.5, 0.6) is 11.6 Å². The van der Waals surface area contributed by atoms with E-state index in [-0.39, 0.29) is 27.4 Å². The van der Waals surface area contributed by atoms with Crippen molar-refractivity contribution in [1.82, 2.24) is 4.98 Å². The van der Waals surface area contributed by atoms with E-state index >= 15 is 0 Å². The van der Waals surface area contributed by atoms with Crippen LogP contribution in [0.2, 0.25) is 10.0 Å². The Labute approximate surface area is 124 Å². The van der Waals surface area contributed by atoms with Crippen LogP contribution in [0.25, 0.3) is 0 Å². The lowest BCUT2D eigenvalue weighted by molar-refractivity contribution is -0.384. The number of nitrogens with two attached hydrogens (primary N) is 1. The lowest BCUT2D eigenvalue weighted by atomic mass is 10.3. The second kappa shape index (κ2) is 5.52. The normalized spacial score (nSPS) is 10.3. The Morgan fingerprint density at radius 3 is 2.40 bits per heavy atom. The zero-order valence-electron chi connectivity index (χ0n) is 10.3. The molecule has 0 aliphatic heterocycles. The summed E-state index contributed by atoms with van der Waals surface area (Å²) >= 11 is 11.9. The molecule has 0 bridgehead atoms. The van der Waals surface area contributed by atoms with Crippen LogP contribution in [-0.2, 0) is 0 Å². The summed E-state index contributed by atoms with van der Waals surface area (Å²) in [5.41, 5.74) is 6.56. The van der Waals surface area contributed by atoms with Crippen molar-refractivity contribution in [2.75, 3.05) is 5.73 Å². The van der Waals surface area contributed by atoms with Crippen LogP contribution < -0.4 is 10.5 Å². The van der Waals surface area contributed by atoms with Crippen LogP contribution in [0.15, 0.2) is 24.3 Å². The second-order valence-corrected chi connectivity index (χ2v) is 4.74. The molecule has 0 fully saturated rings. The van der Waals surface area contributed by atoms with Crippen molar-refractivity contribution in [1.29, 1.82) is 0 Å². The van der Waals surface area contributed by atoms with Gasteiger partial charge in [0.1, 0.15) is 0 Å². The largest absolute Gasteiger partial charge is 0.436 e. The molecule has 6 nitrogen and oxygen atoms in total. The summed E-state index contributed by atoms with van der Waals surface area (Å²) < 4.78 is 5.46. The molecule has 0 unspecified atom stereocenters. The summed E-state index contributed by atoms with van der Waals surface area (Å²) in [5.74, 6) is 0.352. The maximum atomic E-state index is 10.7. The summed E-state index contributed by atoms with van der Waals surface area (Å²) in [6, 6.07) is 5.50. The first-order chi connectivity index (χ1) is 9.38. The van der Waals surface area contributed by atoms with Crippen molar-refractivity contribution in [2.45, 2.75) is 6.92 Å². The lowest BCUT2D eigenvalue weighted by Crippen LogP contribution is -1.96. The van der Waals surface area contributed by atoms with Crippen molar-refractivity contribution in [2.24, 2.45) is 0 Å². The van der Waals surface area contributed by atoms with Crippen LogP contribution in [0, 0.1) is 17.0 Å². The molecule has 2 N–H and O–H groups in total. The third-order valence-corrected chi connectivity index (χ3v) is 3.06. The van der Waals surface area contributed by atoms with Crippen LogP contribution in [-0.4, -0.2) is 9.91 Å². The Bertz CT molecular complexity index is 669. The van der Waals surface area contributed by atoms with Gasteiger partial charge in [0, 0.05) is 18.2 Å². The fourth-order valence-electron chi connectivity index (χ4n) is 1.46. The van der Waals surface area contributed by atoms with E-state index in [0.29, 0.717) is 11.4 Å². The van der Waals surface area contributed by atoms with Gasteiger partial charge in [0.15, 0.2) is 5.75 Å². The Kier molecular flexibility index (Phi) is 3.96. The number of nitrogens with zero attached hydrogens (tertiary/aromatic N) is 2. The van der Waals surface area contributed by atoms with E-state index in [9.17, 15) is 10.1 Å². The van der Waals surface area contributed by atoms with E-state index in [4.69, 9.17) is 33.7 Å². The van der Waals surface area contributed by atoms with Gasteiger partial charge in [-0.2, -0.15) is 0 Å². The highest BCUT2D eigenvalue weighted by Crippen LogP contribution is 2.39. The first-order valence-corrected chi connectivity index (χ1v) is 6.18. The average Bonchev–Trinajstić information content (AvgIpc) is 2.37. The predicted octanol–water partition coefficient (Wildman–Crippen LogP) is 3.98. The smallest absolute Gasteiger partial charge is 0.272 e. The quantitative estimate of drug-likeness (QED) is 0.683. The Morgan fingerprint density at radius 2 is 1.90 bits per heavy atom. The number of aromatic nitrogens is 1. The van der Waals surface area contributed by atoms with Crippen molar-refractivity contribution < 1.29 is 9.66 Å². The van der Waals surface area contributed by atoms with Crippen LogP contribution in [0.4, 0.5) is 11.4 Å². The van der Waals surface area contributed by atoms with Crippen molar-refractivity contribution >= 4 is 34.6 Å². The molecule has 104 valence electrons. The molecule has 0 saturated heterocycles. The van der Waals surface area contributed by atoms with Crippen molar-refractivity contribution in [3.05, 3.63) is 50.1 Å². The molecular formula is C12H9Cl2N3O3. The number of nitro groups is 1. The van der Waals surface area contributed by atoms with Crippen molar-refractivity contribution in [3.63, 3.8) is 0 Å². The van der Waals surface area contributed by atoms with Gasteiger partial charge < -0.3 is 10.5 Å². The molecule has 0 saturated carbocycles. The fraction of sp³-hybridized carbons (Fsp3) is 0.0833. The van der Waals surface area contributed by atoms with Gasteiger partial charge >= 0.3 is 0 Å². The van der Waals surface area contributed by atoms with Crippen LogP contribution in [0.1, 0.15) is 5.69 Å². The first kappa shape index (κ1) is 14.4. The minimum atomic E-state index is -0.590. The summed E-state index contributed by atoms with van der Waals surface area (Å²) in [6.45, 7) is 1.72. The van der Waals surface area contributed by atoms with Gasteiger partial charge in [-0.25, -0.2) is 4.98 Å². The molecule has 1 aromatic heterocycles. The number of benzene rings is 1. The van der Waals surface area contributed by atoms with Gasteiger partial charge in [-0.1, -0.05) is 23.2 Å². The number of halogens is 2. The van der Waals surface area contributed by atoms with Crippen LogP contribution >= 0.6 is 23.2 Å². The third kappa shape index (κ3) is 2.92. The third-order valence-electron chi connectivity index (χ3n) is 2.50. The molecule has 8 heteroatoms. The zero-order valence-corrected chi connectivity index (χ0v) is 11.8. The number of non-ortho nitro benzene ring substituents is 1. The number of nitrogen functional groups attached to an aromatic ring is 1. The molecule has 0 aliphatic carbocycles. The highest BCUT2D eigenvalue weighted by molar-refractivity contribution is 6.37. The maximum Gasteiger partial charge on any atom is 0.272 e. The number of rotatable bonds is 3. The van der Waals surface area contributed by atoms with E-state index < -0.39 is 4.92 Å². The summed E-state index contributed by atoms with van der Waals surface area (Å²) in [4.78, 5) is 14.2. The van der Waals surface area contributed by atoms with E-state index in [1.165, 1.54) is 0 Å². The van der Waals surface area contributed by atoms with E-state index in [0.717, 1.165) is 12.1 Å². The number of pyridine rings is 1. The second-order valence-electron chi connectivity index (χ2n) is 3.92. The van der Waals surface area contributed by atoms with Gasteiger partial charge in [-0.05, 0) is 13.0 Å². The van der Waals surface area contributed by atoms with Gasteiger partial charge in [0.2, 0.25) is 5.88 Å². The molecule has 2 aromatic rings. The average molecular weight is 314 g/mol. The van der Waals surface area contributed by atoms with E-state index in [1.54, 1.807) is 19.1 Å². The number of anilines is 1. The highest BCUT2D eigenvalue weighted by atomic mass is 35.5. The Hall–Kier alpha value is -2.05. The molecule has 0 radical (unpaired) electrons. The Balaban J connectivity index is 2.38. The van der Waals surface area contributed by atoms with E-state index in [2.05, 4.69) is 4.98 Å². The zero-order chi connectivity index (χ0) is 14.9. The molecule has 1 heterocycles. The van der Waals surface area contributed by atoms with Crippen LogP contribution in [0.3, 0.4) is 0 Å². The van der Waals surface area contributed by atoms with Crippen molar-refractivity contribution in [3.8, 4) is 11.6 Å². The van der Waals surface area contributed by atoms with E-state index in [1.807, 2.05) is 0 Å². The monoisotopic (exact) mass is 313 g/mol. The first-order valence-electron chi connectivity index (χ1n) is 5.43. The topological polar surface area (TPSA) is 91.3 Å². The standard InChI is InChI=1S/C12H9Cl2N3O3/c1-6-10(15)2-3-11(16-6)20-12-8(13)4-7(17(18)19)5-9(12)14/h2-5H,15H2,1H3. The minimum Gasteiger partial charge on any atom is -0.436 e. The molecule has 1 aromatic carbocycles. The summed E-state index contributed by atoms with van der Waals surface area (Å²) in [6.07, 6.45) is 0. The lowest BCUT2D eigenvalue weighted by Gasteiger charge is -2.09. The molecule has 0 amide bonds. The van der Waals surface area contributed by atoms with Gasteiger partial charge in [0.25, 0.3) is 5.69 Å². The molecule has 0 aliphatic rings. The SMILES string of the molecule is Cc1nc(Oc2c(Cl)cc([N+](=O)[O-])cc2Cl)ccc1N. The highest BCUT2D eigenvalue weighted by Gasteiger charge is 2.17. The molecule has 2 rings (SSSR count). The summed E-state index contributed by atoms with van der Waals surface area (Å²) in [5, 5.41) is 10.7. The maximum absolute atomic E-state index is 10.7. The number of ether oxygens (including phenoxy) is 1. The molecule has 0 spiro atoms. The summed E-state index contributed by atoms with van der Waals surface area (Å²) in [7, 11) is 0. The van der Waals surface area contributed by atoms with Gasteiger partial charge in [0.05, 0.1) is 26.3 Å².